The van der Waals surface area contributed by atoms with Gasteiger partial charge in [0.25, 0.3) is 0 Å². The summed E-state index contributed by atoms with van der Waals surface area (Å²) in [6.45, 7) is 0. The molecule has 1 aliphatic carbocycles. The van der Waals surface area contributed by atoms with E-state index in [4.69, 9.17) is 0 Å². The highest BCUT2D eigenvalue weighted by atomic mass is 16.3. The first-order valence-corrected chi connectivity index (χ1v) is 13.2. The van der Waals surface area contributed by atoms with Gasteiger partial charge in [0.1, 0.15) is 5.75 Å². The van der Waals surface area contributed by atoms with Gasteiger partial charge in [0.05, 0.1) is 6.04 Å². The predicted octanol–water partition coefficient (Wildman–Crippen LogP) is 8.55. The van der Waals surface area contributed by atoms with Crippen LogP contribution in [0.3, 0.4) is 0 Å². The van der Waals surface area contributed by atoms with Crippen LogP contribution in [0.1, 0.15) is 36.4 Å². The van der Waals surface area contributed by atoms with Gasteiger partial charge in [0, 0.05) is 34.4 Å². The number of nitrogens with one attached hydrogen (secondary N) is 1. The molecule has 38 heavy (non-hydrogen) atoms. The van der Waals surface area contributed by atoms with Crippen molar-refractivity contribution in [2.24, 2.45) is 0 Å². The van der Waals surface area contributed by atoms with Gasteiger partial charge >= 0.3 is 0 Å². The number of hydrogen-bond acceptors (Lipinski definition) is 3. The minimum atomic E-state index is -0.294. The number of carbonyl (C=O) groups is 1. The molecule has 3 nitrogen and oxygen atoms in total. The van der Waals surface area contributed by atoms with E-state index in [9.17, 15) is 9.90 Å². The van der Waals surface area contributed by atoms with Crippen LogP contribution in [0.2, 0.25) is 0 Å². The molecule has 1 aliphatic heterocycles. The van der Waals surface area contributed by atoms with E-state index in [0.29, 0.717) is 6.42 Å². The van der Waals surface area contributed by atoms with Crippen molar-refractivity contribution < 1.29 is 9.90 Å². The number of Topliss-reactive ketones (excluding diaryl/α,β-unsaturated/α-hetero) is 1. The van der Waals surface area contributed by atoms with Crippen molar-refractivity contribution in [1.29, 1.82) is 0 Å². The lowest BCUT2D eigenvalue weighted by atomic mass is 9.76. The Morgan fingerprint density at radius 3 is 2.03 bits per heavy atom. The number of phenolic OH excluding ortho intramolecular Hbond substituents is 1. The third-order valence-electron chi connectivity index (χ3n) is 7.91. The number of allylic oxidation sites excluding steroid dienone is 1. The van der Waals surface area contributed by atoms with Crippen molar-refractivity contribution in [3.05, 3.63) is 126 Å². The van der Waals surface area contributed by atoms with Crippen LogP contribution >= 0.6 is 0 Å². The number of rotatable bonds is 3. The first kappa shape index (κ1) is 22.6. The fourth-order valence-corrected chi connectivity index (χ4v) is 6.15. The van der Waals surface area contributed by atoms with E-state index in [1.54, 1.807) is 0 Å². The molecule has 0 bridgehead atoms. The number of aromatic hydroxyl groups is 1. The lowest BCUT2D eigenvalue weighted by Gasteiger charge is -2.35. The summed E-state index contributed by atoms with van der Waals surface area (Å²) in [5.41, 5.74) is 8.62. The Hall–Kier alpha value is -4.63. The number of hydrogen-bond donors (Lipinski definition) is 2. The van der Waals surface area contributed by atoms with Crippen molar-refractivity contribution in [3.63, 3.8) is 0 Å². The lowest BCUT2D eigenvalue weighted by Crippen LogP contribution is -2.27. The quantitative estimate of drug-likeness (QED) is 0.265. The van der Waals surface area contributed by atoms with Crippen molar-refractivity contribution >= 4 is 27.8 Å². The first-order chi connectivity index (χ1) is 18.7. The van der Waals surface area contributed by atoms with E-state index in [1.807, 2.05) is 72.8 Å². The van der Waals surface area contributed by atoms with Crippen LogP contribution in [0.4, 0.5) is 5.69 Å². The molecule has 7 rings (SSSR count). The van der Waals surface area contributed by atoms with E-state index in [0.717, 1.165) is 63.1 Å². The molecule has 1 atom stereocenters. The van der Waals surface area contributed by atoms with Crippen molar-refractivity contribution in [2.75, 3.05) is 5.32 Å². The van der Waals surface area contributed by atoms with Crippen molar-refractivity contribution in [3.8, 4) is 28.0 Å². The highest BCUT2D eigenvalue weighted by Crippen LogP contribution is 2.50. The topological polar surface area (TPSA) is 49.3 Å². The maximum Gasteiger partial charge on any atom is 0.161 e. The third kappa shape index (κ3) is 3.62. The molecule has 0 fully saturated rings. The summed E-state index contributed by atoms with van der Waals surface area (Å²) in [6.07, 6.45) is 2.31. The molecule has 5 aromatic carbocycles. The highest BCUT2D eigenvalue weighted by Gasteiger charge is 2.35. The Bertz CT molecular complexity index is 1670. The molecule has 3 heteroatoms. The number of anilines is 1. The van der Waals surface area contributed by atoms with Gasteiger partial charge in [-0.1, -0.05) is 91.0 Å². The van der Waals surface area contributed by atoms with E-state index < -0.39 is 0 Å². The Morgan fingerprint density at radius 2 is 1.34 bits per heavy atom. The molecule has 1 heterocycles. The number of benzene rings is 5. The summed E-state index contributed by atoms with van der Waals surface area (Å²) in [7, 11) is 0. The van der Waals surface area contributed by atoms with Crippen LogP contribution in [-0.2, 0) is 4.79 Å². The second-order valence-electron chi connectivity index (χ2n) is 10.2. The van der Waals surface area contributed by atoms with Crippen LogP contribution in [0.15, 0.2) is 115 Å². The van der Waals surface area contributed by atoms with Gasteiger partial charge in [-0.25, -0.2) is 0 Å². The van der Waals surface area contributed by atoms with Crippen LogP contribution < -0.4 is 5.32 Å². The number of ketones is 1. The first-order valence-electron chi connectivity index (χ1n) is 13.2. The summed E-state index contributed by atoms with van der Waals surface area (Å²) >= 11 is 0. The molecule has 0 unspecified atom stereocenters. The van der Waals surface area contributed by atoms with Gasteiger partial charge in [-0.3, -0.25) is 4.79 Å². The monoisotopic (exact) mass is 493 g/mol. The molecule has 0 amide bonds. The second kappa shape index (κ2) is 9.04. The number of phenols is 1. The van der Waals surface area contributed by atoms with Crippen molar-refractivity contribution in [1.82, 2.24) is 0 Å². The molecule has 0 saturated heterocycles. The highest BCUT2D eigenvalue weighted by molar-refractivity contribution is 6.12. The second-order valence-corrected chi connectivity index (χ2v) is 10.2. The Kier molecular flexibility index (Phi) is 5.36. The Balaban J connectivity index is 1.48. The van der Waals surface area contributed by atoms with E-state index in [-0.39, 0.29) is 17.6 Å². The van der Waals surface area contributed by atoms with Crippen LogP contribution in [0, 0.1) is 0 Å². The molecule has 5 aromatic rings. The maximum atomic E-state index is 13.6. The third-order valence-corrected chi connectivity index (χ3v) is 7.91. The molecule has 0 saturated carbocycles. The summed E-state index contributed by atoms with van der Waals surface area (Å²) in [6, 6.07) is 36.4. The summed E-state index contributed by atoms with van der Waals surface area (Å²) in [5.74, 6) is 0.454. The normalized spacial score (nSPS) is 16.6. The minimum absolute atomic E-state index is 0.206. The number of carbonyl (C=O) groups excluding carboxylic acids is 1. The SMILES string of the molecule is O=C1CCCC2=C1[C@H](c1cc(-c3ccccc3)c(O)c(-c3ccccc3)c1)Nc1ccc3ccccc3c12. The van der Waals surface area contributed by atoms with Gasteiger partial charge < -0.3 is 10.4 Å². The zero-order valence-corrected chi connectivity index (χ0v) is 20.9. The minimum Gasteiger partial charge on any atom is -0.507 e. The standard InChI is InChI=1S/C35H27NO2/c37-31-17-9-16-27-32-26-15-8-7-14-24(26)18-19-30(32)36-34(33(27)31)25-20-28(22-10-3-1-4-11-22)35(38)29(21-25)23-12-5-2-6-13-23/h1-8,10-15,18-21,34,36,38H,9,16-17H2/t34-/m0/s1. The largest absolute Gasteiger partial charge is 0.507 e. The Morgan fingerprint density at radius 1 is 0.711 bits per heavy atom. The molecule has 0 spiro atoms. The van der Waals surface area contributed by atoms with Gasteiger partial charge in [-0.05, 0) is 64.1 Å². The molecule has 0 aromatic heterocycles. The summed E-state index contributed by atoms with van der Waals surface area (Å²) < 4.78 is 0. The van der Waals surface area contributed by atoms with Gasteiger partial charge in [-0.15, -0.1) is 0 Å². The zero-order valence-electron chi connectivity index (χ0n) is 20.9. The average Bonchev–Trinajstić information content (AvgIpc) is 2.97. The van der Waals surface area contributed by atoms with Crippen LogP contribution in [-0.4, -0.2) is 10.9 Å². The maximum absolute atomic E-state index is 13.6. The Labute approximate surface area is 222 Å². The van der Waals surface area contributed by atoms with Crippen molar-refractivity contribution in [2.45, 2.75) is 25.3 Å². The molecule has 0 radical (unpaired) electrons. The fraction of sp³-hybridized carbons (Fsp3) is 0.114. The van der Waals surface area contributed by atoms with Gasteiger partial charge in [0.15, 0.2) is 5.78 Å². The predicted molar refractivity (Wildman–Crippen MR) is 155 cm³/mol. The zero-order chi connectivity index (χ0) is 25.6. The van der Waals surface area contributed by atoms with E-state index in [2.05, 4.69) is 41.7 Å². The van der Waals surface area contributed by atoms with Gasteiger partial charge in [0.2, 0.25) is 0 Å². The molecular formula is C35H27NO2. The lowest BCUT2D eigenvalue weighted by molar-refractivity contribution is -0.116. The summed E-state index contributed by atoms with van der Waals surface area (Å²) in [4.78, 5) is 13.6. The smallest absolute Gasteiger partial charge is 0.161 e. The van der Waals surface area contributed by atoms with Crippen LogP contribution in [0.25, 0.3) is 38.6 Å². The molecule has 2 aliphatic rings. The summed E-state index contributed by atoms with van der Waals surface area (Å²) in [5, 5.41) is 17.6. The molecule has 2 N–H and O–H groups in total. The number of fused-ring (bicyclic) bond motifs is 4. The average molecular weight is 494 g/mol. The van der Waals surface area contributed by atoms with Gasteiger partial charge in [-0.2, -0.15) is 0 Å². The molecule has 184 valence electrons. The fourth-order valence-electron chi connectivity index (χ4n) is 6.15. The molecular weight excluding hydrogens is 466 g/mol. The van der Waals surface area contributed by atoms with E-state index >= 15 is 0 Å². The van der Waals surface area contributed by atoms with Crippen LogP contribution in [0.5, 0.6) is 5.75 Å². The van der Waals surface area contributed by atoms with E-state index in [1.165, 1.54) is 10.8 Å².